The molecule has 0 aliphatic carbocycles. The summed E-state index contributed by atoms with van der Waals surface area (Å²) in [4.78, 5) is 22.8. The molecule has 110 valence electrons. The molecule has 0 fully saturated rings. The summed E-state index contributed by atoms with van der Waals surface area (Å²) < 4.78 is 5.13. The second-order valence-electron chi connectivity index (χ2n) is 4.75. The van der Waals surface area contributed by atoms with Crippen LogP contribution >= 0.6 is 0 Å². The number of aliphatic carboxylic acids is 1. The van der Waals surface area contributed by atoms with Gasteiger partial charge in [0.25, 0.3) is 0 Å². The lowest BCUT2D eigenvalue weighted by Crippen LogP contribution is -2.39. The highest BCUT2D eigenvalue weighted by atomic mass is 16.5. The minimum absolute atomic E-state index is 0.214. The van der Waals surface area contributed by atoms with Gasteiger partial charge in [-0.1, -0.05) is 19.1 Å². The Kier molecular flexibility index (Phi) is 5.52. The molecule has 20 heavy (non-hydrogen) atoms. The van der Waals surface area contributed by atoms with Crippen molar-refractivity contribution in [2.45, 2.75) is 20.3 Å². The topological polar surface area (TPSA) is 102 Å². The summed E-state index contributed by atoms with van der Waals surface area (Å²) >= 11 is 0. The van der Waals surface area contributed by atoms with Crippen molar-refractivity contribution in [1.82, 2.24) is 0 Å². The predicted molar refractivity (Wildman–Crippen MR) is 75.7 cm³/mol. The maximum atomic E-state index is 12.2. The van der Waals surface area contributed by atoms with E-state index in [2.05, 4.69) is 5.32 Å². The minimum Gasteiger partial charge on any atom is -0.480 e. The van der Waals surface area contributed by atoms with E-state index in [4.69, 9.17) is 15.6 Å². The Bertz CT molecular complexity index is 484. The Balaban J connectivity index is 2.87. The Labute approximate surface area is 117 Å². The molecule has 0 bridgehead atoms. The summed E-state index contributed by atoms with van der Waals surface area (Å²) in [5.74, 6) is -0.973. The monoisotopic (exact) mass is 280 g/mol. The van der Waals surface area contributed by atoms with Gasteiger partial charge in [0.05, 0.1) is 11.1 Å². The van der Waals surface area contributed by atoms with E-state index in [9.17, 15) is 9.59 Å². The number of hydrogen-bond acceptors (Lipinski definition) is 4. The van der Waals surface area contributed by atoms with E-state index in [1.54, 1.807) is 31.2 Å². The maximum Gasteiger partial charge on any atom is 0.341 e. The van der Waals surface area contributed by atoms with Gasteiger partial charge in [-0.05, 0) is 25.5 Å². The fourth-order valence-corrected chi connectivity index (χ4v) is 1.51. The van der Waals surface area contributed by atoms with Crippen LogP contribution in [0.25, 0.3) is 0 Å². The zero-order chi connectivity index (χ0) is 15.2. The van der Waals surface area contributed by atoms with Gasteiger partial charge >= 0.3 is 5.97 Å². The first-order chi connectivity index (χ1) is 9.42. The fraction of sp³-hybridized carbons (Fsp3) is 0.429. The third kappa shape index (κ3) is 3.96. The number of para-hydroxylation sites is 2. The van der Waals surface area contributed by atoms with Gasteiger partial charge in [-0.3, -0.25) is 4.79 Å². The molecule has 1 aromatic rings. The number of carbonyl (C=O) groups is 2. The minimum atomic E-state index is -1.08. The third-order valence-electron chi connectivity index (χ3n) is 3.27. The summed E-state index contributed by atoms with van der Waals surface area (Å²) in [5, 5.41) is 11.4. The molecular weight excluding hydrogens is 260 g/mol. The summed E-state index contributed by atoms with van der Waals surface area (Å²) in [6.45, 7) is 3.44. The van der Waals surface area contributed by atoms with Gasteiger partial charge in [0.1, 0.15) is 5.75 Å². The van der Waals surface area contributed by atoms with Crippen LogP contribution in [0.5, 0.6) is 5.75 Å². The van der Waals surface area contributed by atoms with Gasteiger partial charge < -0.3 is 20.9 Å². The second-order valence-corrected chi connectivity index (χ2v) is 4.75. The van der Waals surface area contributed by atoms with E-state index >= 15 is 0 Å². The molecule has 1 rings (SSSR count). The SMILES string of the molecule is CCC(C)(CN)C(=O)Nc1ccccc1OCC(=O)O. The van der Waals surface area contributed by atoms with E-state index in [0.29, 0.717) is 17.9 Å². The Morgan fingerprint density at radius 1 is 1.40 bits per heavy atom. The summed E-state index contributed by atoms with van der Waals surface area (Å²) in [6.07, 6.45) is 0.605. The van der Waals surface area contributed by atoms with Crippen LogP contribution in [-0.4, -0.2) is 30.1 Å². The largest absolute Gasteiger partial charge is 0.480 e. The zero-order valence-corrected chi connectivity index (χ0v) is 11.7. The molecule has 0 saturated carbocycles. The van der Waals surface area contributed by atoms with Crippen molar-refractivity contribution in [2.24, 2.45) is 11.1 Å². The normalized spacial score (nSPS) is 13.3. The zero-order valence-electron chi connectivity index (χ0n) is 11.7. The van der Waals surface area contributed by atoms with E-state index in [0.717, 1.165) is 0 Å². The summed E-state index contributed by atoms with van der Waals surface area (Å²) in [5.41, 5.74) is 5.41. The molecule has 1 unspecified atom stereocenters. The number of rotatable bonds is 7. The van der Waals surface area contributed by atoms with Gasteiger partial charge in [0, 0.05) is 6.54 Å². The van der Waals surface area contributed by atoms with Crippen LogP contribution in [0.3, 0.4) is 0 Å². The van der Waals surface area contributed by atoms with E-state index < -0.39 is 18.0 Å². The molecule has 1 atom stereocenters. The standard InChI is InChI=1S/C14H20N2O4/c1-3-14(2,9-15)13(19)16-10-6-4-5-7-11(10)20-8-12(17)18/h4-7H,3,8-9,15H2,1-2H3,(H,16,19)(H,17,18). The molecule has 0 saturated heterocycles. The number of anilines is 1. The molecule has 1 amide bonds. The van der Waals surface area contributed by atoms with Crippen molar-refractivity contribution in [3.05, 3.63) is 24.3 Å². The molecule has 0 aliphatic rings. The molecule has 6 heteroatoms. The Hall–Kier alpha value is -2.08. The number of hydrogen-bond donors (Lipinski definition) is 3. The second kappa shape index (κ2) is 6.91. The third-order valence-corrected chi connectivity index (χ3v) is 3.27. The number of nitrogens with two attached hydrogens (primary N) is 1. The highest BCUT2D eigenvalue weighted by Gasteiger charge is 2.30. The molecule has 0 aromatic heterocycles. The highest BCUT2D eigenvalue weighted by Crippen LogP contribution is 2.27. The molecule has 0 aliphatic heterocycles. The van der Waals surface area contributed by atoms with E-state index in [1.807, 2.05) is 6.92 Å². The van der Waals surface area contributed by atoms with Gasteiger partial charge in [-0.25, -0.2) is 4.79 Å². The number of carbonyl (C=O) groups excluding carboxylic acids is 1. The first-order valence-corrected chi connectivity index (χ1v) is 6.38. The molecule has 0 spiro atoms. The number of nitrogens with one attached hydrogen (secondary N) is 1. The van der Waals surface area contributed by atoms with Crippen molar-refractivity contribution >= 4 is 17.6 Å². The van der Waals surface area contributed by atoms with Crippen molar-refractivity contribution in [3.63, 3.8) is 0 Å². The lowest BCUT2D eigenvalue weighted by Gasteiger charge is -2.25. The molecule has 0 radical (unpaired) electrons. The lowest BCUT2D eigenvalue weighted by atomic mass is 9.86. The number of carboxylic acid groups (broad SMARTS) is 1. The van der Waals surface area contributed by atoms with Crippen LogP contribution in [0.15, 0.2) is 24.3 Å². The number of carboxylic acids is 1. The van der Waals surface area contributed by atoms with Crippen molar-refractivity contribution in [2.75, 3.05) is 18.5 Å². The number of amides is 1. The van der Waals surface area contributed by atoms with Crippen LogP contribution < -0.4 is 15.8 Å². The average Bonchev–Trinajstić information content (AvgIpc) is 2.45. The van der Waals surface area contributed by atoms with Crippen LogP contribution in [0.1, 0.15) is 20.3 Å². The number of benzene rings is 1. The first-order valence-electron chi connectivity index (χ1n) is 6.38. The van der Waals surface area contributed by atoms with Crippen molar-refractivity contribution in [1.29, 1.82) is 0 Å². The molecule has 6 nitrogen and oxygen atoms in total. The van der Waals surface area contributed by atoms with Gasteiger partial charge in [0.15, 0.2) is 6.61 Å². The van der Waals surface area contributed by atoms with Crippen LogP contribution in [-0.2, 0) is 9.59 Å². The van der Waals surface area contributed by atoms with Gasteiger partial charge in [0.2, 0.25) is 5.91 Å². The van der Waals surface area contributed by atoms with E-state index in [1.165, 1.54) is 0 Å². The van der Waals surface area contributed by atoms with Crippen LogP contribution in [0.4, 0.5) is 5.69 Å². The summed E-state index contributed by atoms with van der Waals surface area (Å²) in [7, 11) is 0. The molecule has 4 N–H and O–H groups in total. The highest BCUT2D eigenvalue weighted by molar-refractivity contribution is 5.96. The Morgan fingerprint density at radius 3 is 2.60 bits per heavy atom. The molecular formula is C14H20N2O4. The van der Waals surface area contributed by atoms with Gasteiger partial charge in [-0.2, -0.15) is 0 Å². The fourth-order valence-electron chi connectivity index (χ4n) is 1.51. The maximum absolute atomic E-state index is 12.2. The van der Waals surface area contributed by atoms with Crippen LogP contribution in [0, 0.1) is 5.41 Å². The predicted octanol–water partition coefficient (Wildman–Crippen LogP) is 1.46. The first kappa shape index (κ1) is 16.0. The average molecular weight is 280 g/mol. The molecule has 1 aromatic carbocycles. The van der Waals surface area contributed by atoms with Crippen LogP contribution in [0.2, 0.25) is 0 Å². The summed E-state index contributed by atoms with van der Waals surface area (Å²) in [6, 6.07) is 6.69. The number of ether oxygens (including phenoxy) is 1. The van der Waals surface area contributed by atoms with Gasteiger partial charge in [-0.15, -0.1) is 0 Å². The van der Waals surface area contributed by atoms with Crippen molar-refractivity contribution in [3.8, 4) is 5.75 Å². The Morgan fingerprint density at radius 2 is 2.05 bits per heavy atom. The van der Waals surface area contributed by atoms with E-state index in [-0.39, 0.29) is 12.5 Å². The molecule has 0 heterocycles. The van der Waals surface area contributed by atoms with Crippen molar-refractivity contribution < 1.29 is 19.4 Å². The lowest BCUT2D eigenvalue weighted by molar-refractivity contribution is -0.139. The quantitative estimate of drug-likeness (QED) is 0.702. The smallest absolute Gasteiger partial charge is 0.341 e.